The number of aliphatic imine (C=N–C) groups is 2. The Morgan fingerprint density at radius 3 is 2.56 bits per heavy atom. The minimum absolute atomic E-state index is 0.183. The van der Waals surface area contributed by atoms with Crippen LogP contribution in [0.1, 0.15) is 82.2 Å². The molecule has 11 heteroatoms. The summed E-state index contributed by atoms with van der Waals surface area (Å²) in [5.41, 5.74) is 11.8. The zero-order valence-electron chi connectivity index (χ0n) is 29.1. The van der Waals surface area contributed by atoms with Gasteiger partial charge in [-0.05, 0) is 67.2 Å². The molecule has 254 valence electrons. The quantitative estimate of drug-likeness (QED) is 0.262. The maximum absolute atomic E-state index is 11.9. The molecule has 0 radical (unpaired) electrons. The van der Waals surface area contributed by atoms with Gasteiger partial charge < -0.3 is 5.32 Å². The van der Waals surface area contributed by atoms with Crippen molar-refractivity contribution in [2.75, 3.05) is 31.7 Å². The number of sulfonamides is 1. The molecule has 10 nitrogen and oxygen atoms in total. The van der Waals surface area contributed by atoms with Crippen molar-refractivity contribution in [1.29, 1.82) is 0 Å². The Kier molecular flexibility index (Phi) is 9.98. The molecule has 1 fully saturated rings. The number of nitrogens with one attached hydrogen (secondary N) is 1. The number of aromatic nitrogens is 4. The van der Waals surface area contributed by atoms with Crippen molar-refractivity contribution >= 4 is 38.9 Å². The lowest BCUT2D eigenvalue weighted by atomic mass is 9.81. The number of fused-ring (bicyclic) bond motifs is 3. The van der Waals surface area contributed by atoms with Crippen molar-refractivity contribution in [3.8, 4) is 11.3 Å². The average molecular weight is 669 g/mol. The monoisotopic (exact) mass is 668 g/mol. The van der Waals surface area contributed by atoms with E-state index in [2.05, 4.69) is 73.6 Å². The molecule has 1 unspecified atom stereocenters. The number of rotatable bonds is 8. The molecule has 1 N–H and O–H groups in total. The molecular weight excluding hydrogens is 621 g/mol. The van der Waals surface area contributed by atoms with E-state index in [-0.39, 0.29) is 6.04 Å². The van der Waals surface area contributed by atoms with Gasteiger partial charge in [-0.3, -0.25) is 14.4 Å². The fourth-order valence-electron chi connectivity index (χ4n) is 7.05. The van der Waals surface area contributed by atoms with E-state index in [0.717, 1.165) is 79.0 Å². The predicted octanol–water partition coefficient (Wildman–Crippen LogP) is 6.92. The first-order chi connectivity index (χ1) is 23.0. The van der Waals surface area contributed by atoms with Crippen molar-refractivity contribution in [2.24, 2.45) is 23.0 Å². The van der Waals surface area contributed by atoms with Gasteiger partial charge in [-0.15, -0.1) is 0 Å². The summed E-state index contributed by atoms with van der Waals surface area (Å²) in [6, 6.07) is 9.01. The van der Waals surface area contributed by atoms with Crippen LogP contribution in [0.2, 0.25) is 0 Å². The normalized spacial score (nSPS) is 20.1. The van der Waals surface area contributed by atoms with Crippen molar-refractivity contribution in [3.63, 3.8) is 0 Å². The molecule has 0 saturated carbocycles. The lowest BCUT2D eigenvalue weighted by Crippen LogP contribution is -2.38. The summed E-state index contributed by atoms with van der Waals surface area (Å²) >= 11 is 0. The van der Waals surface area contributed by atoms with Crippen molar-refractivity contribution < 1.29 is 8.42 Å². The summed E-state index contributed by atoms with van der Waals surface area (Å²) in [7, 11) is 0.725. The first-order valence-corrected chi connectivity index (χ1v) is 18.9. The van der Waals surface area contributed by atoms with E-state index in [4.69, 9.17) is 10.1 Å². The lowest BCUT2D eigenvalue weighted by molar-refractivity contribution is 0.262. The minimum atomic E-state index is -3.15. The molecular formula is C37H48N8O2S. The fraction of sp³-hybridized carbons (Fsp3) is 0.459. The summed E-state index contributed by atoms with van der Waals surface area (Å²) in [6.45, 7) is 7.75. The molecule has 0 amide bonds. The molecule has 6 rings (SSSR count). The highest BCUT2D eigenvalue weighted by molar-refractivity contribution is 7.88. The molecule has 3 aromatic rings. The van der Waals surface area contributed by atoms with Gasteiger partial charge in [0.25, 0.3) is 0 Å². The van der Waals surface area contributed by atoms with Crippen LogP contribution in [0.3, 0.4) is 0 Å². The predicted molar refractivity (Wildman–Crippen MR) is 197 cm³/mol. The van der Waals surface area contributed by atoms with Crippen LogP contribution in [-0.4, -0.2) is 70.7 Å². The van der Waals surface area contributed by atoms with Crippen molar-refractivity contribution in [1.82, 2.24) is 23.9 Å². The number of allylic oxidation sites excluding steroid dienone is 5. The van der Waals surface area contributed by atoms with Gasteiger partial charge in [-0.2, -0.15) is 10.2 Å². The summed E-state index contributed by atoms with van der Waals surface area (Å²) in [5.74, 6) is 1.40. The molecule has 0 bridgehead atoms. The maximum Gasteiger partial charge on any atom is 0.211 e. The smallest absolute Gasteiger partial charge is 0.211 e. The number of hydrogen-bond acceptors (Lipinski definition) is 7. The summed E-state index contributed by atoms with van der Waals surface area (Å²) in [5, 5.41) is 13.1. The molecule has 0 spiro atoms. The molecule has 1 aliphatic carbocycles. The first-order valence-electron chi connectivity index (χ1n) is 17.1. The SMILES string of the molecule is CCC(C)/C=C(\C=NC)c1ccc(-c2c3c(nn2C)CC/C2=C/N=C(Nc4cnn(C5CCN(S(C)(=O)=O)CC5)c4)CCC(C)=C23)cc1. The van der Waals surface area contributed by atoms with Crippen molar-refractivity contribution in [3.05, 3.63) is 76.9 Å². The van der Waals surface area contributed by atoms with Crippen LogP contribution in [0.5, 0.6) is 0 Å². The Hall–Kier alpha value is -4.09. The van der Waals surface area contributed by atoms with Crippen LogP contribution < -0.4 is 5.32 Å². The molecule has 1 aromatic carbocycles. The lowest BCUT2D eigenvalue weighted by Gasteiger charge is -2.30. The van der Waals surface area contributed by atoms with Crippen LogP contribution in [0, 0.1) is 5.92 Å². The summed E-state index contributed by atoms with van der Waals surface area (Å²) < 4.78 is 29.4. The maximum atomic E-state index is 11.9. The van der Waals surface area contributed by atoms with E-state index in [9.17, 15) is 8.42 Å². The zero-order valence-corrected chi connectivity index (χ0v) is 29.9. The summed E-state index contributed by atoms with van der Waals surface area (Å²) in [4.78, 5) is 9.28. The number of amidine groups is 1. The van der Waals surface area contributed by atoms with Gasteiger partial charge in [0.05, 0.1) is 35.6 Å². The van der Waals surface area contributed by atoms with E-state index in [1.807, 2.05) is 41.2 Å². The summed E-state index contributed by atoms with van der Waals surface area (Å²) in [6.07, 6.45) is 17.5. The number of nitrogens with zero attached hydrogens (tertiary/aromatic N) is 7. The van der Waals surface area contributed by atoms with Gasteiger partial charge in [-0.25, -0.2) is 17.7 Å². The number of aryl methyl sites for hydroxylation is 2. The van der Waals surface area contributed by atoms with Gasteiger partial charge in [0.15, 0.2) is 0 Å². The second kappa shape index (κ2) is 14.2. The zero-order chi connectivity index (χ0) is 34.0. The highest BCUT2D eigenvalue weighted by atomic mass is 32.2. The fourth-order valence-corrected chi connectivity index (χ4v) is 7.93. The second-order valence-electron chi connectivity index (χ2n) is 13.4. The minimum Gasteiger partial charge on any atom is -0.341 e. The number of hydrogen-bond donors (Lipinski definition) is 1. The van der Waals surface area contributed by atoms with Gasteiger partial charge in [0.2, 0.25) is 10.0 Å². The van der Waals surface area contributed by atoms with E-state index in [0.29, 0.717) is 19.0 Å². The van der Waals surface area contributed by atoms with Crippen molar-refractivity contribution in [2.45, 2.75) is 71.8 Å². The largest absolute Gasteiger partial charge is 0.341 e. The number of piperidine rings is 1. The molecule has 2 aliphatic heterocycles. The van der Waals surface area contributed by atoms with E-state index in [1.165, 1.54) is 34.1 Å². The third-order valence-corrected chi connectivity index (χ3v) is 11.2. The van der Waals surface area contributed by atoms with Gasteiger partial charge >= 0.3 is 0 Å². The third-order valence-electron chi connectivity index (χ3n) is 9.89. The van der Waals surface area contributed by atoms with Crippen LogP contribution in [0.15, 0.2) is 70.1 Å². The molecule has 48 heavy (non-hydrogen) atoms. The van der Waals surface area contributed by atoms with Crippen LogP contribution in [-0.2, 0) is 23.5 Å². The van der Waals surface area contributed by atoms with Crippen LogP contribution in [0.4, 0.5) is 5.69 Å². The standard InChI is InChI=1S/C37H48N8O2S/c1-7-25(2)20-30(21-38-4)27-9-11-28(12-10-27)37-36-33(42-43(37)5)14-13-29-22-39-34(15-8-26(3)35(29)36)41-31-23-40-45(24-31)32-16-18-44(19-17-32)48(6,46)47/h9-12,20-25,32H,7-8,13-19H2,1-6H3,(H,39,41)/b29-22-,30-20+,35-26?,38-21?. The number of anilines is 1. The Bertz CT molecular complexity index is 1920. The average Bonchev–Trinajstić information content (AvgIpc) is 3.67. The Morgan fingerprint density at radius 1 is 1.12 bits per heavy atom. The second-order valence-corrected chi connectivity index (χ2v) is 15.4. The Morgan fingerprint density at radius 2 is 1.88 bits per heavy atom. The molecule has 1 atom stereocenters. The van der Waals surface area contributed by atoms with Crippen LogP contribution >= 0.6 is 0 Å². The Labute approximate surface area is 285 Å². The highest BCUT2D eigenvalue weighted by Crippen LogP contribution is 2.44. The topological polar surface area (TPSA) is 110 Å². The van der Waals surface area contributed by atoms with E-state index in [1.54, 1.807) is 4.31 Å². The third kappa shape index (κ3) is 7.17. The van der Waals surface area contributed by atoms with Gasteiger partial charge in [-0.1, -0.05) is 56.2 Å². The number of benzene rings is 1. The van der Waals surface area contributed by atoms with Crippen LogP contribution in [0.25, 0.3) is 22.4 Å². The molecule has 1 saturated heterocycles. The van der Waals surface area contributed by atoms with E-state index < -0.39 is 10.0 Å². The molecule has 4 heterocycles. The highest BCUT2D eigenvalue weighted by Gasteiger charge is 2.30. The molecule has 2 aromatic heterocycles. The Balaban J connectivity index is 1.23. The van der Waals surface area contributed by atoms with Gasteiger partial charge in [0.1, 0.15) is 5.84 Å². The molecule has 3 aliphatic rings. The van der Waals surface area contributed by atoms with Gasteiger partial charge in [0, 0.05) is 63.3 Å². The van der Waals surface area contributed by atoms with E-state index >= 15 is 0 Å². The first kappa shape index (κ1) is 33.8.